The predicted molar refractivity (Wildman–Crippen MR) is 139 cm³/mol. The number of halogens is 4. The number of carbonyl (C=O) groups excluding carboxylic acids is 3. The Morgan fingerprint density at radius 1 is 0.974 bits per heavy atom. The van der Waals surface area contributed by atoms with Gasteiger partial charge in [0.15, 0.2) is 0 Å². The number of rotatable bonds is 8. The van der Waals surface area contributed by atoms with Crippen molar-refractivity contribution in [3.05, 3.63) is 65.6 Å². The van der Waals surface area contributed by atoms with Crippen LogP contribution in [-0.4, -0.2) is 22.8 Å². The van der Waals surface area contributed by atoms with Crippen LogP contribution in [0.4, 0.5) is 39.5 Å². The maximum Gasteiger partial charge on any atom is 0.416 e. The second-order valence-corrected chi connectivity index (χ2v) is 9.40. The van der Waals surface area contributed by atoms with Crippen LogP contribution in [0.3, 0.4) is 0 Å². The van der Waals surface area contributed by atoms with E-state index in [0.717, 1.165) is 19.3 Å². The van der Waals surface area contributed by atoms with E-state index in [4.69, 9.17) is 5.73 Å². The number of nitrogens with two attached hydrogens (primary N) is 1. The minimum Gasteiger partial charge on any atom is -0.365 e. The van der Waals surface area contributed by atoms with Crippen molar-refractivity contribution < 1.29 is 31.9 Å². The number of carbonyl (C=O) groups is 3. The summed E-state index contributed by atoms with van der Waals surface area (Å²) in [6, 6.07) is 6.84. The van der Waals surface area contributed by atoms with Crippen LogP contribution in [0.15, 0.2) is 48.7 Å². The average Bonchev–Trinajstić information content (AvgIpc) is 3.54. The van der Waals surface area contributed by atoms with E-state index in [-0.39, 0.29) is 23.0 Å². The van der Waals surface area contributed by atoms with Crippen LogP contribution in [0.2, 0.25) is 0 Å². The Kier molecular flexibility index (Phi) is 8.22. The van der Waals surface area contributed by atoms with Crippen LogP contribution in [0.25, 0.3) is 11.1 Å². The van der Waals surface area contributed by atoms with Gasteiger partial charge in [0.2, 0.25) is 5.91 Å². The lowest BCUT2D eigenvalue weighted by Crippen LogP contribution is -2.20. The van der Waals surface area contributed by atoms with Gasteiger partial charge in [-0.3, -0.25) is 9.59 Å². The highest BCUT2D eigenvalue weighted by atomic mass is 19.4. The Hall–Kier alpha value is -4.35. The monoisotopic (exact) mass is 545 g/mol. The van der Waals surface area contributed by atoms with Crippen LogP contribution >= 0.6 is 0 Å². The molecule has 0 radical (unpaired) electrons. The highest BCUT2D eigenvalue weighted by Crippen LogP contribution is 2.33. The summed E-state index contributed by atoms with van der Waals surface area (Å²) >= 11 is 0. The minimum atomic E-state index is -4.70. The molecule has 1 aliphatic carbocycles. The number of anilines is 3. The largest absolute Gasteiger partial charge is 0.416 e. The molecular weight excluding hydrogens is 518 g/mol. The lowest BCUT2D eigenvalue weighted by Gasteiger charge is -2.12. The molecule has 4 amide bonds. The van der Waals surface area contributed by atoms with E-state index in [0.29, 0.717) is 41.7 Å². The van der Waals surface area contributed by atoms with Crippen molar-refractivity contribution in [1.82, 2.24) is 4.98 Å². The van der Waals surface area contributed by atoms with Crippen LogP contribution in [0, 0.1) is 11.7 Å². The molecule has 2 aromatic carbocycles. The zero-order valence-corrected chi connectivity index (χ0v) is 20.8. The third-order valence-electron chi connectivity index (χ3n) is 6.64. The number of hydrogen-bond acceptors (Lipinski definition) is 3. The van der Waals surface area contributed by atoms with E-state index in [9.17, 15) is 31.9 Å². The SMILES string of the molecule is NC(=O)c1c(-c2ccc(NC(=O)Nc3cc(C(F)(F)F)ccc3F)cc2)c[nH]c1NC(=O)CCC1CCCC1. The van der Waals surface area contributed by atoms with Gasteiger partial charge in [-0.25, -0.2) is 9.18 Å². The predicted octanol–water partition coefficient (Wildman–Crippen LogP) is 6.49. The summed E-state index contributed by atoms with van der Waals surface area (Å²) in [6.07, 6.45) is 2.58. The van der Waals surface area contributed by atoms with Gasteiger partial charge < -0.3 is 26.7 Å². The van der Waals surface area contributed by atoms with Crippen molar-refractivity contribution in [3.8, 4) is 11.1 Å². The Labute approximate surface area is 221 Å². The smallest absolute Gasteiger partial charge is 0.365 e. The topological polar surface area (TPSA) is 129 Å². The Morgan fingerprint density at radius 3 is 2.31 bits per heavy atom. The van der Waals surface area contributed by atoms with E-state index < -0.39 is 35.2 Å². The van der Waals surface area contributed by atoms with Gasteiger partial charge in [0.25, 0.3) is 5.91 Å². The summed E-state index contributed by atoms with van der Waals surface area (Å²) in [5.74, 6) is -1.26. The molecule has 0 saturated heterocycles. The van der Waals surface area contributed by atoms with Gasteiger partial charge >= 0.3 is 12.2 Å². The molecule has 1 aliphatic rings. The number of primary amides is 1. The molecule has 0 atom stereocenters. The first-order valence-corrected chi connectivity index (χ1v) is 12.4. The number of aromatic nitrogens is 1. The average molecular weight is 546 g/mol. The Morgan fingerprint density at radius 2 is 1.67 bits per heavy atom. The maximum absolute atomic E-state index is 13.9. The highest BCUT2D eigenvalue weighted by molar-refractivity contribution is 6.07. The third kappa shape index (κ3) is 6.95. The summed E-state index contributed by atoms with van der Waals surface area (Å²) in [4.78, 5) is 39.8. The van der Waals surface area contributed by atoms with Crippen molar-refractivity contribution in [3.63, 3.8) is 0 Å². The fourth-order valence-electron chi connectivity index (χ4n) is 4.66. The molecule has 0 bridgehead atoms. The van der Waals surface area contributed by atoms with Crippen molar-refractivity contribution >= 4 is 35.0 Å². The molecule has 1 saturated carbocycles. The van der Waals surface area contributed by atoms with E-state index >= 15 is 0 Å². The lowest BCUT2D eigenvalue weighted by molar-refractivity contribution is -0.137. The number of hydrogen-bond donors (Lipinski definition) is 5. The van der Waals surface area contributed by atoms with Gasteiger partial charge in [-0.1, -0.05) is 37.8 Å². The summed E-state index contributed by atoms with van der Waals surface area (Å²) in [7, 11) is 0. The first kappa shape index (κ1) is 27.7. The quantitative estimate of drug-likeness (QED) is 0.208. The number of H-pyrrole nitrogens is 1. The first-order chi connectivity index (χ1) is 18.5. The summed E-state index contributed by atoms with van der Waals surface area (Å²) in [6.45, 7) is 0. The number of amides is 4. The minimum absolute atomic E-state index is 0.0997. The standard InChI is InChI=1S/C27H27F4N5O3/c28-20-11-8-17(27(29,30)31)13-21(20)35-26(39)34-18-9-6-16(7-10-18)19-14-33-25(23(19)24(32)38)36-22(37)12-5-15-3-1-2-4-15/h6-11,13-15,33H,1-5,12H2,(H2,32,38)(H,36,37)(H2,34,35,39). The van der Waals surface area contributed by atoms with Crippen molar-refractivity contribution in [1.29, 1.82) is 0 Å². The number of benzene rings is 2. The molecule has 206 valence electrons. The number of aromatic amines is 1. The molecule has 1 heterocycles. The number of urea groups is 1. The van der Waals surface area contributed by atoms with Crippen LogP contribution in [-0.2, 0) is 11.0 Å². The number of nitrogens with one attached hydrogen (secondary N) is 4. The normalized spacial score (nSPS) is 13.7. The molecule has 8 nitrogen and oxygen atoms in total. The van der Waals surface area contributed by atoms with E-state index in [1.165, 1.54) is 31.2 Å². The van der Waals surface area contributed by atoms with E-state index in [1.54, 1.807) is 12.1 Å². The van der Waals surface area contributed by atoms with Gasteiger partial charge in [0.05, 0.1) is 16.8 Å². The fourth-order valence-corrected chi connectivity index (χ4v) is 4.66. The lowest BCUT2D eigenvalue weighted by atomic mass is 10.0. The third-order valence-corrected chi connectivity index (χ3v) is 6.64. The molecule has 1 fully saturated rings. The molecule has 0 spiro atoms. The first-order valence-electron chi connectivity index (χ1n) is 12.4. The highest BCUT2D eigenvalue weighted by Gasteiger charge is 2.31. The molecule has 39 heavy (non-hydrogen) atoms. The molecule has 3 aromatic rings. The Balaban J connectivity index is 1.41. The van der Waals surface area contributed by atoms with Crippen molar-refractivity contribution in [2.75, 3.05) is 16.0 Å². The molecule has 4 rings (SSSR count). The van der Waals surface area contributed by atoms with Gasteiger partial charge in [0.1, 0.15) is 11.6 Å². The molecule has 1 aromatic heterocycles. The molecule has 12 heteroatoms. The molecule has 0 unspecified atom stereocenters. The van der Waals surface area contributed by atoms with Crippen molar-refractivity contribution in [2.45, 2.75) is 44.7 Å². The van der Waals surface area contributed by atoms with Crippen LogP contribution in [0.5, 0.6) is 0 Å². The summed E-state index contributed by atoms with van der Waals surface area (Å²) < 4.78 is 52.6. The number of alkyl halides is 3. The zero-order chi connectivity index (χ0) is 28.2. The fraction of sp³-hybridized carbons (Fsp3) is 0.296. The van der Waals surface area contributed by atoms with Gasteiger partial charge in [-0.2, -0.15) is 13.2 Å². The molecule has 0 aliphatic heterocycles. The molecular formula is C27H27F4N5O3. The van der Waals surface area contributed by atoms with E-state index in [2.05, 4.69) is 20.9 Å². The Bertz CT molecular complexity index is 1360. The van der Waals surface area contributed by atoms with Crippen molar-refractivity contribution in [2.24, 2.45) is 11.7 Å². The van der Waals surface area contributed by atoms with Crippen LogP contribution in [0.1, 0.15) is 54.4 Å². The summed E-state index contributed by atoms with van der Waals surface area (Å²) in [5, 5.41) is 7.19. The zero-order valence-electron chi connectivity index (χ0n) is 20.8. The van der Waals surface area contributed by atoms with Gasteiger partial charge in [0, 0.05) is 23.9 Å². The maximum atomic E-state index is 13.9. The second kappa shape index (κ2) is 11.6. The molecule has 6 N–H and O–H groups in total. The van der Waals surface area contributed by atoms with Gasteiger partial charge in [-0.05, 0) is 48.2 Å². The second-order valence-electron chi connectivity index (χ2n) is 9.40. The van der Waals surface area contributed by atoms with E-state index in [1.807, 2.05) is 0 Å². The van der Waals surface area contributed by atoms with Gasteiger partial charge in [-0.15, -0.1) is 0 Å². The summed E-state index contributed by atoms with van der Waals surface area (Å²) in [5.41, 5.74) is 5.17. The van der Waals surface area contributed by atoms with Crippen LogP contribution < -0.4 is 21.7 Å².